The van der Waals surface area contributed by atoms with Gasteiger partial charge in [-0.2, -0.15) is 0 Å². The number of guanidine groups is 1. The summed E-state index contributed by atoms with van der Waals surface area (Å²) in [6, 6.07) is 0.771. The van der Waals surface area contributed by atoms with Crippen LogP contribution in [0.1, 0.15) is 59.8 Å². The zero-order valence-corrected chi connectivity index (χ0v) is 21.0. The van der Waals surface area contributed by atoms with Gasteiger partial charge in [0, 0.05) is 37.8 Å². The Morgan fingerprint density at radius 3 is 2.54 bits per heavy atom. The molecule has 6 nitrogen and oxygen atoms in total. The molecule has 2 aliphatic heterocycles. The Labute approximate surface area is 190 Å². The van der Waals surface area contributed by atoms with Gasteiger partial charge in [-0.15, -0.1) is 24.0 Å². The van der Waals surface area contributed by atoms with Crippen molar-refractivity contribution >= 4 is 29.9 Å². The molecule has 7 heteroatoms. The number of nitrogens with zero attached hydrogens (tertiary/aromatic N) is 3. The van der Waals surface area contributed by atoms with Gasteiger partial charge in [0.2, 0.25) is 0 Å². The van der Waals surface area contributed by atoms with E-state index in [1.54, 1.807) is 0 Å². The van der Waals surface area contributed by atoms with Crippen molar-refractivity contribution in [2.45, 2.75) is 71.4 Å². The number of ether oxygens (including phenoxy) is 1. The van der Waals surface area contributed by atoms with Crippen LogP contribution in [-0.4, -0.2) is 86.4 Å². The first-order valence-electron chi connectivity index (χ1n) is 11.1. The highest BCUT2D eigenvalue weighted by atomic mass is 127. The third-order valence-corrected chi connectivity index (χ3v) is 5.94. The van der Waals surface area contributed by atoms with Crippen LogP contribution >= 0.6 is 24.0 Å². The SMILES string of the molecule is CCNC(=NCC(C)(C)N1CCOCC1)NCCCCN1CCCCC1C.I. The molecular weight excluding hydrogens is 465 g/mol. The molecule has 2 heterocycles. The molecule has 2 fully saturated rings. The van der Waals surface area contributed by atoms with Crippen molar-refractivity contribution in [1.82, 2.24) is 20.4 Å². The highest BCUT2D eigenvalue weighted by molar-refractivity contribution is 14.0. The molecule has 0 aromatic rings. The minimum Gasteiger partial charge on any atom is -0.379 e. The number of hydrogen-bond donors (Lipinski definition) is 2. The maximum atomic E-state index is 5.48. The van der Waals surface area contributed by atoms with E-state index in [1.807, 2.05) is 0 Å². The van der Waals surface area contributed by atoms with Crippen LogP contribution in [0.5, 0.6) is 0 Å². The fraction of sp³-hybridized carbons (Fsp3) is 0.952. The van der Waals surface area contributed by atoms with Crippen molar-refractivity contribution in [3.63, 3.8) is 0 Å². The summed E-state index contributed by atoms with van der Waals surface area (Å²) in [6.07, 6.45) is 6.60. The quantitative estimate of drug-likeness (QED) is 0.217. The standard InChI is InChI=1S/C21H43N5O.HI/c1-5-22-20(24-18-21(3,4)26-14-16-27-17-15-26)23-11-7-9-13-25-12-8-6-10-19(25)2;/h19H,5-18H2,1-4H3,(H2,22,23,24);1H. The van der Waals surface area contributed by atoms with Crippen LogP contribution in [0, 0.1) is 0 Å². The molecule has 166 valence electrons. The van der Waals surface area contributed by atoms with Gasteiger partial charge in [0.05, 0.1) is 19.8 Å². The van der Waals surface area contributed by atoms with E-state index in [-0.39, 0.29) is 29.5 Å². The zero-order valence-electron chi connectivity index (χ0n) is 18.6. The number of morpholine rings is 1. The van der Waals surface area contributed by atoms with E-state index in [0.717, 1.165) is 57.9 Å². The molecular formula is C21H44IN5O. The largest absolute Gasteiger partial charge is 0.379 e. The van der Waals surface area contributed by atoms with Crippen LogP contribution in [0.15, 0.2) is 4.99 Å². The molecule has 2 rings (SSSR count). The van der Waals surface area contributed by atoms with Crippen molar-refractivity contribution in [3.05, 3.63) is 0 Å². The number of halogens is 1. The third kappa shape index (κ3) is 9.13. The number of unbranched alkanes of at least 4 members (excludes halogenated alkanes) is 1. The number of nitrogens with one attached hydrogen (secondary N) is 2. The minimum absolute atomic E-state index is 0. The first kappa shape index (κ1) is 25.9. The molecule has 0 saturated carbocycles. The number of hydrogen-bond acceptors (Lipinski definition) is 4. The molecule has 2 saturated heterocycles. The monoisotopic (exact) mass is 509 g/mol. The Morgan fingerprint density at radius 2 is 1.86 bits per heavy atom. The van der Waals surface area contributed by atoms with Crippen LogP contribution in [-0.2, 0) is 4.74 Å². The van der Waals surface area contributed by atoms with Gasteiger partial charge in [0.25, 0.3) is 0 Å². The first-order chi connectivity index (χ1) is 13.0. The van der Waals surface area contributed by atoms with Crippen molar-refractivity contribution in [2.75, 3.05) is 59.0 Å². The molecule has 1 unspecified atom stereocenters. The molecule has 0 aromatic carbocycles. The predicted molar refractivity (Wildman–Crippen MR) is 130 cm³/mol. The summed E-state index contributed by atoms with van der Waals surface area (Å²) in [5.74, 6) is 0.949. The average molecular weight is 510 g/mol. The molecule has 0 spiro atoms. The molecule has 0 aliphatic carbocycles. The Morgan fingerprint density at radius 1 is 1.11 bits per heavy atom. The second kappa shape index (κ2) is 14.0. The maximum Gasteiger partial charge on any atom is 0.191 e. The lowest BCUT2D eigenvalue weighted by Gasteiger charge is -2.39. The topological polar surface area (TPSA) is 52.1 Å². The summed E-state index contributed by atoms with van der Waals surface area (Å²) >= 11 is 0. The normalized spacial score (nSPS) is 22.6. The lowest BCUT2D eigenvalue weighted by atomic mass is 10.0. The van der Waals surface area contributed by atoms with Crippen molar-refractivity contribution in [3.8, 4) is 0 Å². The van der Waals surface area contributed by atoms with E-state index in [0.29, 0.717) is 0 Å². The highest BCUT2D eigenvalue weighted by Crippen LogP contribution is 2.17. The molecule has 0 amide bonds. The van der Waals surface area contributed by atoms with Crippen LogP contribution in [0.4, 0.5) is 0 Å². The Hall–Kier alpha value is -0.120. The average Bonchev–Trinajstić information content (AvgIpc) is 2.68. The second-order valence-electron chi connectivity index (χ2n) is 8.62. The summed E-state index contributed by atoms with van der Waals surface area (Å²) in [5.41, 5.74) is 0.0660. The van der Waals surface area contributed by atoms with Crippen LogP contribution < -0.4 is 10.6 Å². The van der Waals surface area contributed by atoms with Crippen molar-refractivity contribution in [2.24, 2.45) is 4.99 Å². The molecule has 0 aromatic heterocycles. The van der Waals surface area contributed by atoms with Gasteiger partial charge in [-0.05, 0) is 66.5 Å². The molecule has 28 heavy (non-hydrogen) atoms. The summed E-state index contributed by atoms with van der Waals surface area (Å²) in [4.78, 5) is 10.0. The Bertz CT molecular complexity index is 441. The van der Waals surface area contributed by atoms with E-state index in [1.165, 1.54) is 45.2 Å². The fourth-order valence-electron chi connectivity index (χ4n) is 4.02. The Kier molecular flexibility index (Phi) is 12.9. The van der Waals surface area contributed by atoms with Crippen molar-refractivity contribution in [1.29, 1.82) is 0 Å². The lowest BCUT2D eigenvalue weighted by Crippen LogP contribution is -2.52. The lowest BCUT2D eigenvalue weighted by molar-refractivity contribution is -0.00683. The van der Waals surface area contributed by atoms with Crippen molar-refractivity contribution < 1.29 is 4.74 Å². The summed E-state index contributed by atoms with van der Waals surface area (Å²) < 4.78 is 5.48. The molecule has 1 atom stereocenters. The summed E-state index contributed by atoms with van der Waals surface area (Å²) in [7, 11) is 0. The van der Waals surface area contributed by atoms with Gasteiger partial charge >= 0.3 is 0 Å². The van der Waals surface area contributed by atoms with Gasteiger partial charge in [-0.25, -0.2) is 0 Å². The van der Waals surface area contributed by atoms with E-state index >= 15 is 0 Å². The maximum absolute atomic E-state index is 5.48. The predicted octanol–water partition coefficient (Wildman–Crippen LogP) is 2.92. The van der Waals surface area contributed by atoms with Gasteiger partial charge in [-0.3, -0.25) is 9.89 Å². The third-order valence-electron chi connectivity index (χ3n) is 5.94. The summed E-state index contributed by atoms with van der Waals surface area (Å²) in [5, 5.41) is 6.91. The molecule has 2 aliphatic rings. The van der Waals surface area contributed by atoms with E-state index < -0.39 is 0 Å². The van der Waals surface area contributed by atoms with E-state index in [2.05, 4.69) is 48.1 Å². The smallest absolute Gasteiger partial charge is 0.191 e. The second-order valence-corrected chi connectivity index (χ2v) is 8.62. The van der Waals surface area contributed by atoms with Gasteiger partial charge in [-0.1, -0.05) is 6.42 Å². The number of aliphatic imine (C=N–C) groups is 1. The summed E-state index contributed by atoms with van der Waals surface area (Å²) in [6.45, 7) is 18.0. The minimum atomic E-state index is 0. The number of rotatable bonds is 9. The molecule has 0 bridgehead atoms. The Balaban J connectivity index is 0.00000392. The fourth-order valence-corrected chi connectivity index (χ4v) is 4.02. The number of likely N-dealkylation sites (tertiary alicyclic amines) is 1. The highest BCUT2D eigenvalue weighted by Gasteiger charge is 2.28. The van der Waals surface area contributed by atoms with Crippen LogP contribution in [0.2, 0.25) is 0 Å². The number of piperidine rings is 1. The molecule has 2 N–H and O–H groups in total. The zero-order chi connectivity index (χ0) is 19.5. The van der Waals surface area contributed by atoms with Crippen LogP contribution in [0.3, 0.4) is 0 Å². The first-order valence-corrected chi connectivity index (χ1v) is 11.1. The van der Waals surface area contributed by atoms with Crippen LogP contribution in [0.25, 0.3) is 0 Å². The van der Waals surface area contributed by atoms with Gasteiger partial charge in [0.15, 0.2) is 5.96 Å². The molecule has 0 radical (unpaired) electrons. The van der Waals surface area contributed by atoms with Gasteiger partial charge < -0.3 is 20.3 Å². The van der Waals surface area contributed by atoms with E-state index in [9.17, 15) is 0 Å². The van der Waals surface area contributed by atoms with E-state index in [4.69, 9.17) is 9.73 Å². The van der Waals surface area contributed by atoms with Gasteiger partial charge in [0.1, 0.15) is 0 Å².